The third-order valence-corrected chi connectivity index (χ3v) is 3.60. The number of amides is 1. The van der Waals surface area contributed by atoms with Crippen molar-refractivity contribution in [3.63, 3.8) is 0 Å². The van der Waals surface area contributed by atoms with Crippen LogP contribution in [0.25, 0.3) is 0 Å². The monoisotopic (exact) mass is 209 g/mol. The van der Waals surface area contributed by atoms with Crippen LogP contribution in [0.1, 0.15) is 26.2 Å². The average Bonchev–Trinajstić information content (AvgIpc) is 2.86. The van der Waals surface area contributed by atoms with Gasteiger partial charge in [0.15, 0.2) is 0 Å². The molecule has 0 radical (unpaired) electrons. The van der Waals surface area contributed by atoms with Crippen molar-refractivity contribution in [1.29, 1.82) is 0 Å². The van der Waals surface area contributed by atoms with E-state index < -0.39 is 6.10 Å². The van der Waals surface area contributed by atoms with Gasteiger partial charge in [-0.2, -0.15) is 0 Å². The molecule has 15 heavy (non-hydrogen) atoms. The minimum absolute atomic E-state index is 0.124. The summed E-state index contributed by atoms with van der Waals surface area (Å²) in [5.74, 6) is 1.36. The lowest BCUT2D eigenvalue weighted by atomic mass is 9.93. The fourth-order valence-corrected chi connectivity index (χ4v) is 2.58. The summed E-state index contributed by atoms with van der Waals surface area (Å²) in [6, 6.07) is 0. The second-order valence-corrected chi connectivity index (χ2v) is 4.69. The van der Waals surface area contributed by atoms with Crippen molar-refractivity contribution in [3.8, 4) is 0 Å². The number of rotatable bonds is 4. The largest absolute Gasteiger partial charge is 0.391 e. The molecule has 0 aromatic carbocycles. The van der Waals surface area contributed by atoms with Gasteiger partial charge < -0.3 is 10.4 Å². The van der Waals surface area contributed by atoms with Crippen molar-refractivity contribution >= 4 is 5.91 Å². The van der Waals surface area contributed by atoms with Gasteiger partial charge in [0.05, 0.1) is 6.10 Å². The second-order valence-electron chi connectivity index (χ2n) is 4.69. The van der Waals surface area contributed by atoms with Crippen LogP contribution in [0.15, 0.2) is 12.2 Å². The van der Waals surface area contributed by atoms with Crippen LogP contribution in [-0.2, 0) is 4.79 Å². The molecule has 2 rings (SSSR count). The summed E-state index contributed by atoms with van der Waals surface area (Å²) in [7, 11) is 0. The quantitative estimate of drug-likeness (QED) is 0.681. The van der Waals surface area contributed by atoms with Crippen LogP contribution in [0.3, 0.4) is 0 Å². The Morgan fingerprint density at radius 2 is 2.33 bits per heavy atom. The summed E-state index contributed by atoms with van der Waals surface area (Å²) in [5.41, 5.74) is 0. The number of hydrogen-bond acceptors (Lipinski definition) is 2. The van der Waals surface area contributed by atoms with Gasteiger partial charge in [-0.25, -0.2) is 0 Å². The molecule has 2 N–H and O–H groups in total. The Kier molecular flexibility index (Phi) is 3.10. The number of fused-ring (bicyclic) bond motifs is 2. The number of nitrogens with one attached hydrogen (secondary N) is 1. The molecule has 1 fully saturated rings. The molecular formula is C12H19NO2. The van der Waals surface area contributed by atoms with E-state index in [0.29, 0.717) is 24.8 Å². The van der Waals surface area contributed by atoms with Gasteiger partial charge in [-0.3, -0.25) is 4.79 Å². The lowest BCUT2D eigenvalue weighted by Gasteiger charge is -2.18. The van der Waals surface area contributed by atoms with Crippen LogP contribution in [0, 0.1) is 17.8 Å². The minimum atomic E-state index is -0.400. The average molecular weight is 209 g/mol. The van der Waals surface area contributed by atoms with E-state index >= 15 is 0 Å². The van der Waals surface area contributed by atoms with Crippen molar-refractivity contribution in [3.05, 3.63) is 12.2 Å². The SMILES string of the molecule is CCC(O)CNC(=O)C1CC2C=CC1C2. The van der Waals surface area contributed by atoms with Crippen molar-refractivity contribution < 1.29 is 9.90 Å². The molecule has 84 valence electrons. The molecule has 0 aromatic rings. The van der Waals surface area contributed by atoms with Crippen LogP contribution in [0.5, 0.6) is 0 Å². The van der Waals surface area contributed by atoms with Crippen molar-refractivity contribution in [1.82, 2.24) is 5.32 Å². The molecule has 1 amide bonds. The number of carbonyl (C=O) groups excluding carboxylic acids is 1. The summed E-state index contributed by atoms with van der Waals surface area (Å²) in [5, 5.41) is 12.2. The van der Waals surface area contributed by atoms with Gasteiger partial charge >= 0.3 is 0 Å². The van der Waals surface area contributed by atoms with E-state index in [2.05, 4.69) is 17.5 Å². The Hall–Kier alpha value is -0.830. The molecule has 0 heterocycles. The molecular weight excluding hydrogens is 190 g/mol. The zero-order valence-corrected chi connectivity index (χ0v) is 9.15. The summed E-state index contributed by atoms with van der Waals surface area (Å²) in [6.45, 7) is 2.31. The smallest absolute Gasteiger partial charge is 0.223 e. The molecule has 3 heteroatoms. The number of aliphatic hydroxyl groups excluding tert-OH is 1. The van der Waals surface area contributed by atoms with Crippen molar-refractivity contribution in [2.75, 3.05) is 6.54 Å². The lowest BCUT2D eigenvalue weighted by Crippen LogP contribution is -2.37. The topological polar surface area (TPSA) is 49.3 Å². The molecule has 4 unspecified atom stereocenters. The fourth-order valence-electron chi connectivity index (χ4n) is 2.58. The molecule has 2 aliphatic carbocycles. The highest BCUT2D eigenvalue weighted by molar-refractivity contribution is 5.80. The van der Waals surface area contributed by atoms with E-state index in [0.717, 1.165) is 12.8 Å². The maximum atomic E-state index is 11.8. The Morgan fingerprint density at radius 1 is 1.53 bits per heavy atom. The third kappa shape index (κ3) is 2.23. The standard InChI is InChI=1S/C12H19NO2/c1-2-10(14)7-13-12(15)11-6-8-3-4-9(11)5-8/h3-4,8-11,14H,2,5-7H2,1H3,(H,13,15). The zero-order chi connectivity index (χ0) is 10.8. The fraction of sp³-hybridized carbons (Fsp3) is 0.750. The van der Waals surface area contributed by atoms with E-state index in [1.54, 1.807) is 0 Å². The van der Waals surface area contributed by atoms with E-state index in [4.69, 9.17) is 0 Å². The molecule has 2 aliphatic rings. The summed E-state index contributed by atoms with van der Waals surface area (Å²) >= 11 is 0. The van der Waals surface area contributed by atoms with Crippen LogP contribution in [-0.4, -0.2) is 23.7 Å². The van der Waals surface area contributed by atoms with Crippen molar-refractivity contribution in [2.45, 2.75) is 32.3 Å². The first-order chi connectivity index (χ1) is 7.20. The van der Waals surface area contributed by atoms with Gasteiger partial charge in [-0.1, -0.05) is 19.1 Å². The minimum Gasteiger partial charge on any atom is -0.391 e. The summed E-state index contributed by atoms with van der Waals surface area (Å²) in [6.07, 6.45) is 6.84. The van der Waals surface area contributed by atoms with Crippen LogP contribution in [0.4, 0.5) is 0 Å². The van der Waals surface area contributed by atoms with Gasteiger partial charge in [0.1, 0.15) is 0 Å². The first kappa shape index (κ1) is 10.7. The molecule has 3 nitrogen and oxygen atoms in total. The highest BCUT2D eigenvalue weighted by Gasteiger charge is 2.39. The van der Waals surface area contributed by atoms with E-state index in [9.17, 15) is 9.90 Å². The van der Waals surface area contributed by atoms with Gasteiger partial charge in [-0.15, -0.1) is 0 Å². The number of carbonyl (C=O) groups is 1. The molecule has 1 saturated carbocycles. The normalized spacial score (nSPS) is 34.4. The Bertz CT molecular complexity index is 275. The first-order valence-corrected chi connectivity index (χ1v) is 5.84. The second kappa shape index (κ2) is 4.35. The summed E-state index contributed by atoms with van der Waals surface area (Å²) in [4.78, 5) is 11.8. The van der Waals surface area contributed by atoms with Crippen LogP contribution in [0.2, 0.25) is 0 Å². The van der Waals surface area contributed by atoms with Gasteiger partial charge in [-0.05, 0) is 31.1 Å². The predicted molar refractivity (Wildman–Crippen MR) is 58.2 cm³/mol. The Morgan fingerprint density at radius 3 is 2.87 bits per heavy atom. The molecule has 4 atom stereocenters. The molecule has 0 aromatic heterocycles. The third-order valence-electron chi connectivity index (χ3n) is 3.60. The highest BCUT2D eigenvalue weighted by atomic mass is 16.3. The Balaban J connectivity index is 1.80. The first-order valence-electron chi connectivity index (χ1n) is 5.84. The zero-order valence-electron chi connectivity index (χ0n) is 9.15. The number of aliphatic hydroxyl groups is 1. The van der Waals surface area contributed by atoms with E-state index in [-0.39, 0.29) is 11.8 Å². The molecule has 0 saturated heterocycles. The highest BCUT2D eigenvalue weighted by Crippen LogP contribution is 2.43. The van der Waals surface area contributed by atoms with Crippen LogP contribution < -0.4 is 5.32 Å². The van der Waals surface area contributed by atoms with E-state index in [1.165, 1.54) is 0 Å². The molecule has 0 spiro atoms. The van der Waals surface area contributed by atoms with Gasteiger partial charge in [0, 0.05) is 12.5 Å². The maximum Gasteiger partial charge on any atom is 0.223 e. The van der Waals surface area contributed by atoms with E-state index in [1.807, 2.05) is 6.92 Å². The summed E-state index contributed by atoms with van der Waals surface area (Å²) < 4.78 is 0. The number of allylic oxidation sites excluding steroid dienone is 2. The maximum absolute atomic E-state index is 11.8. The lowest BCUT2D eigenvalue weighted by molar-refractivity contribution is -0.126. The Labute approximate surface area is 90.6 Å². The van der Waals surface area contributed by atoms with Gasteiger partial charge in [0.25, 0.3) is 0 Å². The van der Waals surface area contributed by atoms with Crippen LogP contribution >= 0.6 is 0 Å². The van der Waals surface area contributed by atoms with Crippen molar-refractivity contribution in [2.24, 2.45) is 17.8 Å². The molecule has 2 bridgehead atoms. The number of hydrogen-bond donors (Lipinski definition) is 2. The predicted octanol–water partition coefficient (Wildman–Crippen LogP) is 1.09. The van der Waals surface area contributed by atoms with Gasteiger partial charge in [0.2, 0.25) is 5.91 Å². The molecule has 0 aliphatic heterocycles.